The minimum Gasteiger partial charge on any atom is -0.448 e. The zero-order valence-corrected chi connectivity index (χ0v) is 10.4. The van der Waals surface area contributed by atoms with E-state index in [2.05, 4.69) is 15.8 Å². The number of pyridine rings is 1. The molecule has 0 spiro atoms. The molecule has 7 heteroatoms. The number of hydrogen-bond acceptors (Lipinski definition) is 6. The molecule has 0 saturated heterocycles. The predicted molar refractivity (Wildman–Crippen MR) is 66.1 cm³/mol. The molecule has 0 bridgehead atoms. The quantitative estimate of drug-likeness (QED) is 0.460. The van der Waals surface area contributed by atoms with Crippen LogP contribution < -0.4 is 10.9 Å². The molecule has 1 aromatic rings. The van der Waals surface area contributed by atoms with Crippen molar-refractivity contribution in [2.24, 2.45) is 0 Å². The number of carbonyl (C=O) groups excluding carboxylic acids is 1. The van der Waals surface area contributed by atoms with Gasteiger partial charge in [0.1, 0.15) is 11.6 Å². The third kappa shape index (κ3) is 5.84. The zero-order chi connectivity index (χ0) is 11.6. The number of amides is 1. The molecule has 5 nitrogen and oxygen atoms in total. The third-order valence-corrected chi connectivity index (χ3v) is 3.64. The summed E-state index contributed by atoms with van der Waals surface area (Å²) in [5.41, 5.74) is 4.80. The van der Waals surface area contributed by atoms with Crippen molar-refractivity contribution in [2.75, 3.05) is 19.4 Å². The Morgan fingerprint density at radius 3 is 3.12 bits per heavy atom. The number of aromatic nitrogens is 1. The lowest BCUT2D eigenvalue weighted by Gasteiger charge is -2.04. The molecule has 88 valence electrons. The highest BCUT2D eigenvalue weighted by atomic mass is 33.1. The molecule has 1 rings (SSSR count). The molecule has 1 aromatic heterocycles. The first-order valence-electron chi connectivity index (χ1n) is 4.63. The van der Waals surface area contributed by atoms with E-state index in [4.69, 9.17) is 4.74 Å². The summed E-state index contributed by atoms with van der Waals surface area (Å²) in [6.07, 6.45) is 1.28. The number of hydrogen-bond donors (Lipinski definition) is 2. The van der Waals surface area contributed by atoms with Gasteiger partial charge in [0, 0.05) is 19.0 Å². The molecule has 0 aliphatic rings. The van der Waals surface area contributed by atoms with E-state index in [1.54, 1.807) is 34.8 Å². The van der Waals surface area contributed by atoms with Crippen LogP contribution in [0.3, 0.4) is 0 Å². The highest BCUT2D eigenvalue weighted by Crippen LogP contribution is 2.28. The van der Waals surface area contributed by atoms with Gasteiger partial charge in [-0.25, -0.2) is 15.2 Å². The maximum atomic E-state index is 10.9. The van der Waals surface area contributed by atoms with Gasteiger partial charge in [-0.15, -0.1) is 0 Å². The fraction of sp³-hybridized carbons (Fsp3) is 0.333. The van der Waals surface area contributed by atoms with Crippen molar-refractivity contribution in [2.45, 2.75) is 5.03 Å². The predicted octanol–water partition coefficient (Wildman–Crippen LogP) is 1.68. The van der Waals surface area contributed by atoms with Crippen LogP contribution in [-0.4, -0.2) is 30.5 Å². The summed E-state index contributed by atoms with van der Waals surface area (Å²) in [6, 6.07) is 5.75. The highest BCUT2D eigenvalue weighted by Gasteiger charge is 1.99. The molecular formula is C9H13N3O2S2. The van der Waals surface area contributed by atoms with Gasteiger partial charge in [0.25, 0.3) is 0 Å². The van der Waals surface area contributed by atoms with E-state index >= 15 is 0 Å². The molecule has 0 fully saturated rings. The minimum absolute atomic E-state index is 0.373. The molecule has 0 atom stereocenters. The summed E-state index contributed by atoms with van der Waals surface area (Å²) in [6.45, 7) is 0.373. The lowest BCUT2D eigenvalue weighted by Crippen LogP contribution is -2.34. The van der Waals surface area contributed by atoms with Crippen LogP contribution in [0.1, 0.15) is 0 Å². The Hall–Kier alpha value is -0.920. The fourth-order valence-corrected chi connectivity index (χ4v) is 2.51. The van der Waals surface area contributed by atoms with Gasteiger partial charge in [-0.2, -0.15) is 0 Å². The van der Waals surface area contributed by atoms with Gasteiger partial charge < -0.3 is 4.74 Å². The fourth-order valence-electron chi connectivity index (χ4n) is 0.805. The normalized spacial score (nSPS) is 9.81. The van der Waals surface area contributed by atoms with Crippen LogP contribution >= 0.6 is 21.6 Å². The maximum Gasteiger partial charge on any atom is 0.421 e. The van der Waals surface area contributed by atoms with E-state index in [1.165, 1.54) is 0 Å². The van der Waals surface area contributed by atoms with E-state index in [9.17, 15) is 4.79 Å². The Balaban J connectivity index is 2.02. The van der Waals surface area contributed by atoms with Crippen molar-refractivity contribution in [1.82, 2.24) is 15.8 Å². The minimum atomic E-state index is -0.467. The number of nitrogens with one attached hydrogen (secondary N) is 2. The van der Waals surface area contributed by atoms with Gasteiger partial charge in [-0.1, -0.05) is 16.9 Å². The first-order chi connectivity index (χ1) is 7.83. The summed E-state index contributed by atoms with van der Waals surface area (Å²) < 4.78 is 4.85. The molecule has 0 aromatic carbocycles. The molecule has 0 aliphatic heterocycles. The number of hydrazine groups is 1. The van der Waals surface area contributed by atoms with E-state index in [1.807, 2.05) is 18.2 Å². The van der Waals surface area contributed by atoms with Gasteiger partial charge in [0.2, 0.25) is 0 Å². The SMILES string of the molecule is CNNC(=O)OCCSSc1ccccn1. The van der Waals surface area contributed by atoms with E-state index in [0.717, 1.165) is 10.8 Å². The van der Waals surface area contributed by atoms with E-state index < -0.39 is 6.09 Å². The first kappa shape index (κ1) is 13.1. The van der Waals surface area contributed by atoms with Crippen LogP contribution in [0.2, 0.25) is 0 Å². The second kappa shape index (κ2) is 8.26. The first-order valence-corrected chi connectivity index (χ1v) is 6.95. The van der Waals surface area contributed by atoms with Gasteiger partial charge in [0.15, 0.2) is 0 Å². The second-order valence-corrected chi connectivity index (χ2v) is 5.02. The summed E-state index contributed by atoms with van der Waals surface area (Å²) >= 11 is 0. The van der Waals surface area contributed by atoms with Gasteiger partial charge in [-0.05, 0) is 22.9 Å². The summed E-state index contributed by atoms with van der Waals surface area (Å²) in [5, 5.41) is 0.951. The average Bonchev–Trinajstić information content (AvgIpc) is 2.30. The van der Waals surface area contributed by atoms with Crippen molar-refractivity contribution in [3.05, 3.63) is 24.4 Å². The summed E-state index contributed by atoms with van der Waals surface area (Å²) in [5.74, 6) is 0.721. The van der Waals surface area contributed by atoms with Crippen molar-refractivity contribution in [3.63, 3.8) is 0 Å². The molecule has 0 radical (unpaired) electrons. The highest BCUT2D eigenvalue weighted by molar-refractivity contribution is 8.76. The molecule has 1 amide bonds. The molecule has 0 saturated carbocycles. The molecular weight excluding hydrogens is 246 g/mol. The molecule has 2 N–H and O–H groups in total. The molecule has 0 unspecified atom stereocenters. The van der Waals surface area contributed by atoms with Crippen molar-refractivity contribution in [1.29, 1.82) is 0 Å². The molecule has 0 aliphatic carbocycles. The molecule has 1 heterocycles. The Kier molecular flexibility index (Phi) is 6.78. The summed E-state index contributed by atoms with van der Waals surface area (Å²) in [4.78, 5) is 15.0. The topological polar surface area (TPSA) is 63.2 Å². The number of nitrogens with zero attached hydrogens (tertiary/aromatic N) is 1. The Morgan fingerprint density at radius 1 is 1.56 bits per heavy atom. The van der Waals surface area contributed by atoms with Gasteiger partial charge in [-0.3, -0.25) is 5.43 Å². The van der Waals surface area contributed by atoms with Gasteiger partial charge >= 0.3 is 6.09 Å². The van der Waals surface area contributed by atoms with Crippen LogP contribution in [0.5, 0.6) is 0 Å². The monoisotopic (exact) mass is 259 g/mol. The summed E-state index contributed by atoms with van der Waals surface area (Å²) in [7, 11) is 4.76. The lowest BCUT2D eigenvalue weighted by atomic mass is 10.5. The van der Waals surface area contributed by atoms with Crippen LogP contribution in [0, 0.1) is 0 Å². The smallest absolute Gasteiger partial charge is 0.421 e. The molecule has 16 heavy (non-hydrogen) atoms. The number of carbonyl (C=O) groups is 1. The Morgan fingerprint density at radius 2 is 2.44 bits per heavy atom. The van der Waals surface area contributed by atoms with Gasteiger partial charge in [0.05, 0.1) is 0 Å². The van der Waals surface area contributed by atoms with E-state index in [-0.39, 0.29) is 0 Å². The van der Waals surface area contributed by atoms with Crippen LogP contribution in [0.15, 0.2) is 29.4 Å². The van der Waals surface area contributed by atoms with Crippen LogP contribution in [-0.2, 0) is 4.74 Å². The average molecular weight is 259 g/mol. The van der Waals surface area contributed by atoms with Crippen LogP contribution in [0.25, 0.3) is 0 Å². The van der Waals surface area contributed by atoms with Crippen molar-refractivity contribution in [3.8, 4) is 0 Å². The third-order valence-electron chi connectivity index (χ3n) is 1.41. The van der Waals surface area contributed by atoms with Crippen molar-refractivity contribution >= 4 is 27.7 Å². The number of ether oxygens (including phenoxy) is 1. The van der Waals surface area contributed by atoms with Crippen LogP contribution in [0.4, 0.5) is 4.79 Å². The number of rotatable bonds is 6. The maximum absolute atomic E-state index is 10.9. The van der Waals surface area contributed by atoms with Crippen molar-refractivity contribution < 1.29 is 9.53 Å². The Labute approximate surface area is 102 Å². The largest absolute Gasteiger partial charge is 0.448 e. The Bertz CT molecular complexity index is 311. The zero-order valence-electron chi connectivity index (χ0n) is 8.80. The van der Waals surface area contributed by atoms with E-state index in [0.29, 0.717) is 6.61 Å². The standard InChI is InChI=1S/C9H13N3O2S2/c1-10-12-9(13)14-6-7-15-16-8-4-2-3-5-11-8/h2-5,10H,6-7H2,1H3,(H,12,13). The second-order valence-electron chi connectivity index (χ2n) is 2.58. The lowest BCUT2D eigenvalue weighted by molar-refractivity contribution is 0.149.